The van der Waals surface area contributed by atoms with Crippen molar-refractivity contribution in [2.45, 2.75) is 99.1 Å². The zero-order valence-corrected chi connectivity index (χ0v) is 24.5. The van der Waals surface area contributed by atoms with Gasteiger partial charge < -0.3 is 20.3 Å². The van der Waals surface area contributed by atoms with E-state index in [2.05, 4.69) is 82.2 Å². The number of hydrogen-bond acceptors (Lipinski definition) is 6. The van der Waals surface area contributed by atoms with Gasteiger partial charge in [0.05, 0.1) is 5.69 Å². The molecule has 1 aromatic heterocycles. The van der Waals surface area contributed by atoms with Gasteiger partial charge in [0.25, 0.3) is 0 Å². The third kappa shape index (κ3) is 8.15. The fourth-order valence-corrected chi connectivity index (χ4v) is 5.35. The van der Waals surface area contributed by atoms with E-state index in [-0.39, 0.29) is 0 Å². The first kappa shape index (κ1) is 29.4. The van der Waals surface area contributed by atoms with Crippen molar-refractivity contribution < 1.29 is 4.74 Å². The predicted octanol–water partition coefficient (Wildman–Crippen LogP) is 5.42. The van der Waals surface area contributed by atoms with Crippen molar-refractivity contribution in [2.24, 2.45) is 5.92 Å². The van der Waals surface area contributed by atoms with Crippen LogP contribution in [0.25, 0.3) is 0 Å². The van der Waals surface area contributed by atoms with Gasteiger partial charge in [-0.3, -0.25) is 0 Å². The number of nitrogens with zero attached hydrogens (tertiary/aromatic N) is 3. The Labute approximate surface area is 226 Å². The van der Waals surface area contributed by atoms with Crippen LogP contribution in [0.4, 0.5) is 5.82 Å². The fraction of sp³-hybridized carbons (Fsp3) is 0.677. The highest BCUT2D eigenvalue weighted by Gasteiger charge is 2.25. The Morgan fingerprint density at radius 2 is 1.97 bits per heavy atom. The molecule has 0 aliphatic carbocycles. The van der Waals surface area contributed by atoms with Crippen molar-refractivity contribution in [1.82, 2.24) is 20.6 Å². The van der Waals surface area contributed by atoms with E-state index in [0.29, 0.717) is 30.6 Å². The molecule has 0 spiro atoms. The second-order valence-corrected chi connectivity index (χ2v) is 10.8. The maximum absolute atomic E-state index is 6.20. The predicted molar refractivity (Wildman–Crippen MR) is 156 cm³/mol. The summed E-state index contributed by atoms with van der Waals surface area (Å²) in [6, 6.07) is 8.03. The van der Waals surface area contributed by atoms with Gasteiger partial charge in [0.2, 0.25) is 0 Å². The van der Waals surface area contributed by atoms with Crippen LogP contribution in [0.3, 0.4) is 0 Å². The van der Waals surface area contributed by atoms with Crippen LogP contribution >= 0.6 is 0 Å². The summed E-state index contributed by atoms with van der Waals surface area (Å²) < 4.78 is 6.20. The summed E-state index contributed by atoms with van der Waals surface area (Å²) in [5, 5.41) is 7.15. The van der Waals surface area contributed by atoms with E-state index in [1.54, 1.807) is 0 Å². The second kappa shape index (κ2) is 14.7. The third-order valence-corrected chi connectivity index (χ3v) is 8.00. The van der Waals surface area contributed by atoms with Crippen molar-refractivity contribution in [2.75, 3.05) is 37.7 Å². The molecule has 3 rings (SSSR count). The summed E-state index contributed by atoms with van der Waals surface area (Å²) in [5.41, 5.74) is 6.75. The third-order valence-electron chi connectivity index (χ3n) is 8.00. The largest absolute Gasteiger partial charge is 0.462 e. The highest BCUT2D eigenvalue weighted by atomic mass is 16.5. The number of nitrogens with one attached hydrogen (secondary N) is 2. The lowest BCUT2D eigenvalue weighted by atomic mass is 9.90. The van der Waals surface area contributed by atoms with Gasteiger partial charge in [-0.25, -0.2) is 0 Å². The Kier molecular flexibility index (Phi) is 11.7. The van der Waals surface area contributed by atoms with E-state index >= 15 is 0 Å². The number of ether oxygens (including phenoxy) is 1. The quantitative estimate of drug-likeness (QED) is 0.354. The maximum Gasteiger partial charge on any atom is 0.318 e. The van der Waals surface area contributed by atoms with Gasteiger partial charge >= 0.3 is 6.01 Å². The average molecular weight is 510 g/mol. The van der Waals surface area contributed by atoms with Crippen LogP contribution < -0.4 is 20.3 Å². The van der Waals surface area contributed by atoms with Gasteiger partial charge in [-0.1, -0.05) is 52.8 Å². The Balaban J connectivity index is 1.83. The molecule has 2 N–H and O–H groups in total. The number of aryl methyl sites for hydroxylation is 2. The van der Waals surface area contributed by atoms with E-state index in [4.69, 9.17) is 14.7 Å². The van der Waals surface area contributed by atoms with Gasteiger partial charge in [0.1, 0.15) is 12.4 Å². The average Bonchev–Trinajstić information content (AvgIpc) is 2.92. The van der Waals surface area contributed by atoms with Crippen LogP contribution in [0.1, 0.15) is 81.8 Å². The summed E-state index contributed by atoms with van der Waals surface area (Å²) in [7, 11) is 0. The molecule has 1 aromatic carbocycles. The van der Waals surface area contributed by atoms with Crippen molar-refractivity contribution in [3.8, 4) is 6.01 Å². The van der Waals surface area contributed by atoms with E-state index < -0.39 is 0 Å². The van der Waals surface area contributed by atoms with E-state index in [1.165, 1.54) is 22.3 Å². The lowest BCUT2D eigenvalue weighted by Crippen LogP contribution is -2.51. The summed E-state index contributed by atoms with van der Waals surface area (Å²) in [6.07, 6.45) is 6.27. The Bertz CT molecular complexity index is 978. The van der Waals surface area contributed by atoms with Crippen LogP contribution in [-0.2, 0) is 19.3 Å². The fourth-order valence-electron chi connectivity index (χ4n) is 5.35. The summed E-state index contributed by atoms with van der Waals surface area (Å²) in [6.45, 7) is 20.1. The molecular formula is C31H51N5O. The van der Waals surface area contributed by atoms with Crippen molar-refractivity contribution in [1.29, 1.82) is 0 Å². The van der Waals surface area contributed by atoms with E-state index in [9.17, 15) is 0 Å². The lowest BCUT2D eigenvalue weighted by Gasteiger charge is -2.35. The van der Waals surface area contributed by atoms with Crippen LogP contribution in [0, 0.1) is 19.8 Å². The topological polar surface area (TPSA) is 62.3 Å². The minimum Gasteiger partial charge on any atom is -0.462 e. The maximum atomic E-state index is 6.20. The van der Waals surface area contributed by atoms with Crippen molar-refractivity contribution in [3.05, 3.63) is 46.1 Å². The minimum atomic E-state index is 0.316. The number of rotatable bonds is 14. The van der Waals surface area contributed by atoms with E-state index in [1.807, 2.05) is 0 Å². The summed E-state index contributed by atoms with van der Waals surface area (Å²) in [4.78, 5) is 12.5. The lowest BCUT2D eigenvalue weighted by molar-refractivity contribution is 0.243. The molecule has 6 heteroatoms. The first-order chi connectivity index (χ1) is 17.9. The molecule has 1 unspecified atom stereocenters. The molecule has 0 amide bonds. The number of benzene rings is 1. The van der Waals surface area contributed by atoms with Crippen molar-refractivity contribution >= 4 is 5.82 Å². The van der Waals surface area contributed by atoms with Gasteiger partial charge in [-0.2, -0.15) is 9.97 Å². The molecule has 1 aliphatic rings. The number of piperazine rings is 1. The van der Waals surface area contributed by atoms with Crippen molar-refractivity contribution in [3.63, 3.8) is 0 Å². The minimum absolute atomic E-state index is 0.316. The number of aromatic nitrogens is 2. The molecule has 3 atom stereocenters. The zero-order valence-electron chi connectivity index (χ0n) is 24.5. The molecule has 1 aliphatic heterocycles. The Morgan fingerprint density at radius 1 is 1.16 bits per heavy atom. The van der Waals surface area contributed by atoms with E-state index in [0.717, 1.165) is 76.2 Å². The smallest absolute Gasteiger partial charge is 0.318 e. The molecule has 2 aromatic rings. The van der Waals surface area contributed by atoms with Gasteiger partial charge in [-0.15, -0.1) is 0 Å². The first-order valence-electron chi connectivity index (χ1n) is 14.7. The van der Waals surface area contributed by atoms with Gasteiger partial charge in [-0.05, 0) is 81.5 Å². The monoisotopic (exact) mass is 509 g/mol. The molecule has 37 heavy (non-hydrogen) atoms. The molecule has 2 heterocycles. The molecule has 6 nitrogen and oxygen atoms in total. The standard InChI is InChI=1S/C31H51N5O/c1-8-26-20-36(18-17-33-26)30-28(16-15-22(5)19-25-14-12-13-23(6)24(25)7)29(10-3)34-31(35-30)37-21-27(9-2)32-11-4/h12-14,22,26-27,32-33H,8-11,15-21H2,1-7H3/t22?,26-,27-/m0/s1. The van der Waals surface area contributed by atoms with Gasteiger partial charge in [0.15, 0.2) is 0 Å². The Hall–Kier alpha value is -2.18. The van der Waals surface area contributed by atoms with Crippen LogP contribution in [-0.4, -0.2) is 54.8 Å². The Morgan fingerprint density at radius 3 is 2.68 bits per heavy atom. The summed E-state index contributed by atoms with van der Waals surface area (Å²) >= 11 is 0. The molecular weight excluding hydrogens is 458 g/mol. The van der Waals surface area contributed by atoms with Crippen LogP contribution in [0.15, 0.2) is 18.2 Å². The van der Waals surface area contributed by atoms with Crippen LogP contribution in [0.5, 0.6) is 6.01 Å². The molecule has 1 saturated heterocycles. The SMILES string of the molecule is CCN[C@@H](CC)COc1nc(CC)c(CCC(C)Cc2cccc(C)c2C)c(N2CCN[C@@H](CC)C2)n1. The first-order valence-corrected chi connectivity index (χ1v) is 14.7. The van der Waals surface area contributed by atoms with Gasteiger partial charge in [0, 0.05) is 37.3 Å². The second-order valence-electron chi connectivity index (χ2n) is 10.8. The molecule has 0 bridgehead atoms. The molecule has 1 fully saturated rings. The number of likely N-dealkylation sites (N-methyl/N-ethyl adjacent to an activating group) is 1. The molecule has 206 valence electrons. The highest BCUT2D eigenvalue weighted by molar-refractivity contribution is 5.51. The van der Waals surface area contributed by atoms with Crippen LogP contribution in [0.2, 0.25) is 0 Å². The summed E-state index contributed by atoms with van der Waals surface area (Å²) in [5.74, 6) is 1.68. The highest BCUT2D eigenvalue weighted by Crippen LogP contribution is 2.29. The normalized spacial score (nSPS) is 17.6. The molecule has 0 saturated carbocycles. The number of hydrogen-bond donors (Lipinski definition) is 2. The number of anilines is 1. The zero-order chi connectivity index (χ0) is 26.8. The molecule has 0 radical (unpaired) electrons.